The number of ketones is 2. The zero-order valence-corrected chi connectivity index (χ0v) is 41.6. The first-order valence-electron chi connectivity index (χ1n) is 20.8. The van der Waals surface area contributed by atoms with Crippen molar-refractivity contribution < 1.29 is 38.2 Å². The number of rotatable bonds is 20. The van der Waals surface area contributed by atoms with Gasteiger partial charge in [0.1, 0.15) is 22.9 Å². The number of nitrogens with zero attached hydrogens (tertiary/aromatic N) is 4. The number of benzene rings is 5. The van der Waals surface area contributed by atoms with Crippen molar-refractivity contribution in [3.05, 3.63) is 129 Å². The minimum absolute atomic E-state index is 0.00511. The molecule has 5 aromatic rings. The Hall–Kier alpha value is -6.43. The minimum atomic E-state index is -1.64. The molecular weight excluding hydrogens is 994 g/mol. The van der Waals surface area contributed by atoms with E-state index in [0.717, 1.165) is 25.0 Å². The number of halogens is 5. The predicted octanol–water partition coefficient (Wildman–Crippen LogP) is 12.3. The lowest BCUT2D eigenvalue weighted by molar-refractivity contribution is -0.127. The molecule has 69 heavy (non-hydrogen) atoms. The van der Waals surface area contributed by atoms with E-state index >= 15 is 0 Å². The molecule has 21 heteroatoms. The predicted molar refractivity (Wildman–Crippen MR) is 269 cm³/mol. The molecule has 4 atom stereocenters. The normalized spacial score (nSPS) is 13.0. The summed E-state index contributed by atoms with van der Waals surface area (Å²) in [7, 11) is 2.91. The average Bonchev–Trinajstić information content (AvgIpc) is 3.30. The second kappa shape index (κ2) is 24.7. The number of aryl methyl sites for hydroxylation is 1. The van der Waals surface area contributed by atoms with Crippen LogP contribution >= 0.6 is 58.0 Å². The highest BCUT2D eigenvalue weighted by Gasteiger charge is 2.27. The first-order valence-corrected chi connectivity index (χ1v) is 23.0. The molecule has 16 nitrogen and oxygen atoms in total. The molecule has 360 valence electrons. The minimum Gasteiger partial charge on any atom is -0.495 e. The van der Waals surface area contributed by atoms with Gasteiger partial charge in [-0.15, -0.1) is 34.8 Å². The number of methoxy groups -OCH3 is 2. The fourth-order valence-electron chi connectivity index (χ4n) is 6.46. The van der Waals surface area contributed by atoms with Gasteiger partial charge in [-0.25, -0.2) is 0 Å². The summed E-state index contributed by atoms with van der Waals surface area (Å²) < 4.78 is 10.8. The Bertz CT molecular complexity index is 2840. The molecule has 4 unspecified atom stereocenters. The molecule has 0 aliphatic rings. The molecule has 0 spiro atoms. The highest BCUT2D eigenvalue weighted by molar-refractivity contribution is 6.37. The fourth-order valence-corrected chi connectivity index (χ4v) is 7.43. The Morgan fingerprint density at radius 2 is 1.03 bits per heavy atom. The van der Waals surface area contributed by atoms with E-state index in [-0.39, 0.29) is 67.0 Å². The molecule has 0 aliphatic carbocycles. The van der Waals surface area contributed by atoms with Crippen LogP contribution in [0.3, 0.4) is 0 Å². The number of alkyl halides is 3. The maximum Gasteiger partial charge on any atom is 0.258 e. The van der Waals surface area contributed by atoms with Crippen molar-refractivity contribution in [2.24, 2.45) is 20.5 Å². The number of carbonyl (C=O) groups excluding carboxylic acids is 6. The third-order valence-corrected chi connectivity index (χ3v) is 11.6. The summed E-state index contributed by atoms with van der Waals surface area (Å²) in [6, 6.07) is 20.2. The van der Waals surface area contributed by atoms with Gasteiger partial charge in [-0.3, -0.25) is 28.8 Å². The van der Waals surface area contributed by atoms with Crippen LogP contribution in [0.5, 0.6) is 11.5 Å². The summed E-state index contributed by atoms with van der Waals surface area (Å²) in [4.78, 5) is 79.2. The van der Waals surface area contributed by atoms with Gasteiger partial charge in [0, 0.05) is 17.3 Å². The van der Waals surface area contributed by atoms with Crippen molar-refractivity contribution in [3.8, 4) is 11.5 Å². The zero-order chi connectivity index (χ0) is 50.5. The smallest absolute Gasteiger partial charge is 0.258 e. The highest BCUT2D eigenvalue weighted by Crippen LogP contribution is 2.35. The van der Waals surface area contributed by atoms with Gasteiger partial charge in [0.05, 0.1) is 57.5 Å². The summed E-state index contributed by atoms with van der Waals surface area (Å²) in [6.45, 7) is 5.88. The largest absolute Gasteiger partial charge is 0.495 e. The van der Waals surface area contributed by atoms with E-state index < -0.39 is 47.3 Å². The lowest BCUT2D eigenvalue weighted by atomic mass is 10.1. The van der Waals surface area contributed by atoms with E-state index in [1.54, 1.807) is 50.2 Å². The highest BCUT2D eigenvalue weighted by atomic mass is 35.5. The van der Waals surface area contributed by atoms with E-state index in [0.29, 0.717) is 28.4 Å². The molecule has 0 radical (unpaired) electrons. The van der Waals surface area contributed by atoms with Crippen LogP contribution in [0.2, 0.25) is 10.0 Å². The van der Waals surface area contributed by atoms with Gasteiger partial charge in [-0.1, -0.05) is 47.5 Å². The first kappa shape index (κ1) is 53.5. The topological polar surface area (TPSA) is 218 Å². The third-order valence-electron chi connectivity index (χ3n) is 10.1. The number of ether oxygens (including phenoxy) is 2. The molecule has 0 aliphatic heterocycles. The number of hydrogen-bond donors (Lipinski definition) is 4. The van der Waals surface area contributed by atoms with Crippen molar-refractivity contribution in [3.63, 3.8) is 0 Å². The van der Waals surface area contributed by atoms with Gasteiger partial charge in [0.25, 0.3) is 23.6 Å². The summed E-state index contributed by atoms with van der Waals surface area (Å²) in [6.07, 6.45) is 0.195. The maximum absolute atomic E-state index is 13.6. The van der Waals surface area contributed by atoms with Crippen LogP contribution in [0.1, 0.15) is 75.9 Å². The van der Waals surface area contributed by atoms with Crippen LogP contribution in [0.15, 0.2) is 111 Å². The molecule has 4 amide bonds. The molecule has 5 rings (SSSR count). The first-order chi connectivity index (χ1) is 32.9. The zero-order valence-electron chi connectivity index (χ0n) is 37.8. The molecule has 0 fully saturated rings. The second-order valence-electron chi connectivity index (χ2n) is 15.1. The Morgan fingerprint density at radius 1 is 0.580 bits per heavy atom. The molecule has 0 saturated heterocycles. The van der Waals surface area contributed by atoms with Crippen molar-refractivity contribution >= 4 is 127 Å². The van der Waals surface area contributed by atoms with Crippen molar-refractivity contribution in [1.82, 2.24) is 0 Å². The van der Waals surface area contributed by atoms with E-state index in [2.05, 4.69) is 41.7 Å². The maximum atomic E-state index is 13.6. The number of anilines is 4. The summed E-state index contributed by atoms with van der Waals surface area (Å²) in [5, 5.41) is 26.1. The number of amides is 4. The van der Waals surface area contributed by atoms with Gasteiger partial charge < -0.3 is 30.7 Å². The second-order valence-corrected chi connectivity index (χ2v) is 17.5. The van der Waals surface area contributed by atoms with Crippen molar-refractivity contribution in [2.45, 2.75) is 57.0 Å². The number of carbonyl (C=O) groups is 6. The number of nitrogens with one attached hydrogen (secondary N) is 4. The lowest BCUT2D eigenvalue weighted by Crippen LogP contribution is -2.32. The number of hydrogen-bond acceptors (Lipinski definition) is 12. The van der Waals surface area contributed by atoms with Gasteiger partial charge in [0.2, 0.25) is 12.1 Å². The Labute approximate surface area is 422 Å². The Morgan fingerprint density at radius 3 is 1.43 bits per heavy atom. The Balaban J connectivity index is 1.29. The van der Waals surface area contributed by atoms with E-state index in [1.807, 2.05) is 0 Å². The SMILES string of the molecule is COc1ccc(C(C)Cl)cc1NC(=O)c1cccc(N=NC(C(C)=O)C(=O)Nc2ccc(NC(=O)C(N=Nc3cccc(C(=O)Nc4cc(C(C)Cl)ccc4OC)c3Cl)C(C)=O)c(CCCl)c2)c1Cl. The van der Waals surface area contributed by atoms with Crippen LogP contribution in [0, 0.1) is 0 Å². The van der Waals surface area contributed by atoms with E-state index in [9.17, 15) is 28.8 Å². The molecular formula is C48H45Cl5N8O8. The van der Waals surface area contributed by atoms with Crippen molar-refractivity contribution in [2.75, 3.05) is 41.4 Å². The molecule has 0 aromatic heterocycles. The summed E-state index contributed by atoms with van der Waals surface area (Å²) >= 11 is 31.8. The van der Waals surface area contributed by atoms with E-state index in [1.165, 1.54) is 68.8 Å². The van der Waals surface area contributed by atoms with Gasteiger partial charge >= 0.3 is 0 Å². The lowest BCUT2D eigenvalue weighted by Gasteiger charge is -2.16. The standard InChI is InChI=1S/C48H45Cl5N8O8/c1-24(50)28-13-17-39(68-5)37(22-28)56-45(64)32-9-7-11-35(41(32)52)58-60-43(26(3)62)47(66)54-31-15-16-34(30(21-31)19-20-49)55-48(67)44(27(4)63)61-59-36-12-8-10-33(42(36)53)46(65)57-38-23-29(25(2)51)14-18-40(38)69-6/h7-18,21-25,43-44H,19-20H2,1-6H3,(H,54,66)(H,55,67)(H,56,64)(H,57,65). The molecule has 4 N–H and O–H groups in total. The number of Topliss-reactive ketones (excluding diaryl/α,β-unsaturated/α-hetero) is 2. The Kier molecular flexibility index (Phi) is 19.2. The summed E-state index contributed by atoms with van der Waals surface area (Å²) in [5.41, 5.74) is 3.15. The monoisotopic (exact) mass is 1040 g/mol. The number of azo groups is 2. The van der Waals surface area contributed by atoms with Crippen LogP contribution < -0.4 is 30.7 Å². The fraction of sp³-hybridized carbons (Fsp3) is 0.250. The molecule has 5 aromatic carbocycles. The van der Waals surface area contributed by atoms with Crippen LogP contribution in [0.4, 0.5) is 34.1 Å². The molecule has 0 heterocycles. The molecule has 0 bridgehead atoms. The van der Waals surface area contributed by atoms with Crippen LogP contribution in [0.25, 0.3) is 0 Å². The average molecular weight is 1040 g/mol. The van der Waals surface area contributed by atoms with Gasteiger partial charge in [-0.2, -0.15) is 20.5 Å². The van der Waals surface area contributed by atoms with Gasteiger partial charge in [-0.05, 0) is 118 Å². The third kappa shape index (κ3) is 13.9. The van der Waals surface area contributed by atoms with Crippen molar-refractivity contribution in [1.29, 1.82) is 0 Å². The van der Waals surface area contributed by atoms with Gasteiger partial charge in [0.15, 0.2) is 11.6 Å². The quantitative estimate of drug-likeness (QED) is 0.0333. The summed E-state index contributed by atoms with van der Waals surface area (Å²) in [5.74, 6) is -3.34. The van der Waals surface area contributed by atoms with E-state index in [4.69, 9.17) is 67.5 Å². The molecule has 0 saturated carbocycles. The van der Waals surface area contributed by atoms with Crippen LogP contribution in [-0.4, -0.2) is 67.4 Å². The van der Waals surface area contributed by atoms with Crippen LogP contribution in [-0.2, 0) is 25.6 Å².